The normalized spacial score (nSPS) is 10.9. The van der Waals surface area contributed by atoms with E-state index >= 15 is 0 Å². The average Bonchev–Trinajstić information content (AvgIpc) is 2.47. The fraction of sp³-hybridized carbons (Fsp3) is 0.118. The molecular weight excluding hydrogens is 271 g/mol. The number of benzene rings is 2. The molecule has 0 spiro atoms. The van der Waals surface area contributed by atoms with Crippen LogP contribution in [0.1, 0.15) is 21.5 Å². The Labute approximate surface area is 122 Å². The first-order chi connectivity index (χ1) is 10.1. The summed E-state index contributed by atoms with van der Waals surface area (Å²) < 4.78 is 18.6. The van der Waals surface area contributed by atoms with Crippen LogP contribution in [0.5, 0.6) is 0 Å². The van der Waals surface area contributed by atoms with Crippen LogP contribution in [0.3, 0.4) is 0 Å². The second-order valence-electron chi connectivity index (χ2n) is 4.48. The minimum atomic E-state index is -1.15. The van der Waals surface area contributed by atoms with Gasteiger partial charge in [0.05, 0.1) is 18.8 Å². The minimum Gasteiger partial charge on any atom is -0.478 e. The molecule has 0 bridgehead atoms. The van der Waals surface area contributed by atoms with Crippen molar-refractivity contribution in [1.29, 1.82) is 0 Å². The molecular formula is C17H15FO3. The fourth-order valence-electron chi connectivity index (χ4n) is 1.85. The summed E-state index contributed by atoms with van der Waals surface area (Å²) in [4.78, 5) is 10.8. The molecule has 2 rings (SSSR count). The lowest BCUT2D eigenvalue weighted by Crippen LogP contribution is -2.00. The molecule has 0 aliphatic carbocycles. The van der Waals surface area contributed by atoms with Gasteiger partial charge in [0.2, 0.25) is 0 Å². The van der Waals surface area contributed by atoms with Crippen LogP contribution in [0.4, 0.5) is 4.39 Å². The number of ether oxygens (including phenoxy) is 1. The van der Waals surface area contributed by atoms with Crippen LogP contribution in [0, 0.1) is 5.82 Å². The van der Waals surface area contributed by atoms with Crippen molar-refractivity contribution in [1.82, 2.24) is 0 Å². The summed E-state index contributed by atoms with van der Waals surface area (Å²) in [7, 11) is 0. The van der Waals surface area contributed by atoms with Crippen LogP contribution in [0.15, 0.2) is 54.6 Å². The van der Waals surface area contributed by atoms with Gasteiger partial charge in [-0.05, 0) is 29.3 Å². The van der Waals surface area contributed by atoms with Crippen molar-refractivity contribution in [2.75, 3.05) is 6.61 Å². The van der Waals surface area contributed by atoms with Crippen molar-refractivity contribution in [3.05, 3.63) is 77.1 Å². The second-order valence-corrected chi connectivity index (χ2v) is 4.48. The summed E-state index contributed by atoms with van der Waals surface area (Å²) in [6.07, 6.45) is 3.78. The van der Waals surface area contributed by atoms with E-state index in [0.29, 0.717) is 12.2 Å². The molecule has 0 radical (unpaired) electrons. The van der Waals surface area contributed by atoms with Crippen LogP contribution < -0.4 is 0 Å². The molecule has 0 fully saturated rings. The summed E-state index contributed by atoms with van der Waals surface area (Å²) in [6.45, 7) is 0.533. The quantitative estimate of drug-likeness (QED) is 0.823. The number of hydrogen-bond donors (Lipinski definition) is 1. The third-order valence-corrected chi connectivity index (χ3v) is 2.80. The van der Waals surface area contributed by atoms with Crippen molar-refractivity contribution < 1.29 is 19.0 Å². The third-order valence-electron chi connectivity index (χ3n) is 2.80. The highest BCUT2D eigenvalue weighted by Crippen LogP contribution is 2.11. The molecule has 2 aromatic rings. The minimum absolute atomic E-state index is 0.0755. The number of carboxylic acid groups (broad SMARTS) is 1. The van der Waals surface area contributed by atoms with Crippen LogP contribution >= 0.6 is 0 Å². The maximum atomic E-state index is 13.3. The lowest BCUT2D eigenvalue weighted by Gasteiger charge is -2.04. The summed E-state index contributed by atoms with van der Waals surface area (Å²) in [5.74, 6) is -1.73. The number of hydrogen-bond acceptors (Lipinski definition) is 2. The van der Waals surface area contributed by atoms with Gasteiger partial charge in [0, 0.05) is 0 Å². The van der Waals surface area contributed by atoms with Gasteiger partial charge in [0.1, 0.15) is 5.82 Å². The predicted molar refractivity (Wildman–Crippen MR) is 78.5 cm³/mol. The molecule has 3 nitrogen and oxygen atoms in total. The molecule has 0 atom stereocenters. The topological polar surface area (TPSA) is 46.5 Å². The van der Waals surface area contributed by atoms with Crippen LogP contribution in [0.25, 0.3) is 6.08 Å². The van der Waals surface area contributed by atoms with Crippen molar-refractivity contribution in [2.45, 2.75) is 6.61 Å². The van der Waals surface area contributed by atoms with E-state index in [1.165, 1.54) is 12.1 Å². The molecule has 0 aromatic heterocycles. The first kappa shape index (κ1) is 14.9. The zero-order valence-electron chi connectivity index (χ0n) is 11.3. The van der Waals surface area contributed by atoms with Gasteiger partial charge in [-0.2, -0.15) is 0 Å². The standard InChI is InChI=1S/C17H15FO3/c18-16-10-14(9-15(11-16)17(19)20)12-21-8-4-7-13-5-2-1-3-6-13/h1-7,9-11H,8,12H2,(H,19,20)/b7-4+. The van der Waals surface area contributed by atoms with Crippen LogP contribution in [-0.2, 0) is 11.3 Å². The molecule has 0 saturated heterocycles. The summed E-state index contributed by atoms with van der Waals surface area (Å²) in [5.41, 5.74) is 1.49. The molecule has 0 aliphatic heterocycles. The number of rotatable bonds is 6. The SMILES string of the molecule is O=C(O)c1cc(F)cc(COC/C=C/c2ccccc2)c1. The van der Waals surface area contributed by atoms with E-state index in [1.807, 2.05) is 42.5 Å². The van der Waals surface area contributed by atoms with Gasteiger partial charge in [-0.1, -0.05) is 42.5 Å². The largest absolute Gasteiger partial charge is 0.478 e. The van der Waals surface area contributed by atoms with Crippen molar-refractivity contribution in [3.63, 3.8) is 0 Å². The maximum absolute atomic E-state index is 13.3. The molecule has 2 aromatic carbocycles. The third kappa shape index (κ3) is 4.85. The summed E-state index contributed by atoms with van der Waals surface area (Å²) >= 11 is 0. The first-order valence-electron chi connectivity index (χ1n) is 6.47. The molecule has 4 heteroatoms. The average molecular weight is 286 g/mol. The van der Waals surface area contributed by atoms with Gasteiger partial charge in [0.25, 0.3) is 0 Å². The van der Waals surface area contributed by atoms with E-state index in [9.17, 15) is 9.18 Å². The number of carbonyl (C=O) groups is 1. The van der Waals surface area contributed by atoms with E-state index in [1.54, 1.807) is 0 Å². The highest BCUT2D eigenvalue weighted by atomic mass is 19.1. The van der Waals surface area contributed by atoms with Gasteiger partial charge in [-0.3, -0.25) is 0 Å². The summed E-state index contributed by atoms with van der Waals surface area (Å²) in [5, 5.41) is 8.85. The highest BCUT2D eigenvalue weighted by Gasteiger charge is 2.06. The van der Waals surface area contributed by atoms with Crippen molar-refractivity contribution in [2.24, 2.45) is 0 Å². The lowest BCUT2D eigenvalue weighted by atomic mass is 10.1. The molecule has 0 unspecified atom stereocenters. The second kappa shape index (κ2) is 7.36. The van der Waals surface area contributed by atoms with E-state index in [-0.39, 0.29) is 12.2 Å². The highest BCUT2D eigenvalue weighted by molar-refractivity contribution is 5.87. The monoisotopic (exact) mass is 286 g/mol. The Morgan fingerprint density at radius 2 is 1.95 bits per heavy atom. The Balaban J connectivity index is 1.86. The van der Waals surface area contributed by atoms with E-state index < -0.39 is 11.8 Å². The zero-order chi connectivity index (χ0) is 15.1. The smallest absolute Gasteiger partial charge is 0.335 e. The number of halogens is 1. The Morgan fingerprint density at radius 1 is 1.19 bits per heavy atom. The molecule has 108 valence electrons. The Bertz CT molecular complexity index is 636. The fourth-order valence-corrected chi connectivity index (χ4v) is 1.85. The Hall–Kier alpha value is -2.46. The Kier molecular flexibility index (Phi) is 5.23. The van der Waals surface area contributed by atoms with E-state index in [2.05, 4.69) is 0 Å². The van der Waals surface area contributed by atoms with Gasteiger partial charge in [-0.25, -0.2) is 9.18 Å². The molecule has 0 aliphatic rings. The van der Waals surface area contributed by atoms with Crippen LogP contribution in [0.2, 0.25) is 0 Å². The van der Waals surface area contributed by atoms with Crippen LogP contribution in [-0.4, -0.2) is 17.7 Å². The van der Waals surface area contributed by atoms with Gasteiger partial charge in [-0.15, -0.1) is 0 Å². The first-order valence-corrected chi connectivity index (χ1v) is 6.47. The molecule has 21 heavy (non-hydrogen) atoms. The van der Waals surface area contributed by atoms with Gasteiger partial charge >= 0.3 is 5.97 Å². The zero-order valence-corrected chi connectivity index (χ0v) is 11.3. The Morgan fingerprint density at radius 3 is 2.67 bits per heavy atom. The van der Waals surface area contributed by atoms with Gasteiger partial charge < -0.3 is 9.84 Å². The van der Waals surface area contributed by atoms with E-state index in [4.69, 9.17) is 9.84 Å². The lowest BCUT2D eigenvalue weighted by molar-refractivity contribution is 0.0696. The van der Waals surface area contributed by atoms with Crippen molar-refractivity contribution >= 4 is 12.0 Å². The molecule has 0 amide bonds. The maximum Gasteiger partial charge on any atom is 0.335 e. The predicted octanol–water partition coefficient (Wildman–Crippen LogP) is 3.75. The summed E-state index contributed by atoms with van der Waals surface area (Å²) in [6, 6.07) is 13.4. The molecule has 0 saturated carbocycles. The van der Waals surface area contributed by atoms with E-state index in [0.717, 1.165) is 11.6 Å². The number of aromatic carboxylic acids is 1. The number of carboxylic acids is 1. The molecule has 0 heterocycles. The molecule has 1 N–H and O–H groups in total. The van der Waals surface area contributed by atoms with Crippen molar-refractivity contribution in [3.8, 4) is 0 Å². The van der Waals surface area contributed by atoms with Gasteiger partial charge in [0.15, 0.2) is 0 Å².